The number of amides is 1. The second-order valence-electron chi connectivity index (χ2n) is 8.90. The number of benzene rings is 3. The van der Waals surface area contributed by atoms with Crippen LogP contribution in [0.4, 0.5) is 19.3 Å². The molecule has 0 aliphatic heterocycles. The third kappa shape index (κ3) is 5.87. The van der Waals surface area contributed by atoms with Gasteiger partial charge < -0.3 is 9.47 Å². The first-order chi connectivity index (χ1) is 18.3. The van der Waals surface area contributed by atoms with Crippen molar-refractivity contribution in [3.05, 3.63) is 94.3 Å². The van der Waals surface area contributed by atoms with Gasteiger partial charge in [-0.25, -0.2) is 13.6 Å². The second kappa shape index (κ2) is 10.9. The lowest BCUT2D eigenvalue weighted by molar-refractivity contribution is -0.135. The average Bonchev–Trinajstić information content (AvgIpc) is 3.67. The Morgan fingerprint density at radius 3 is 2.39 bits per heavy atom. The van der Waals surface area contributed by atoms with Gasteiger partial charge in [0.25, 0.3) is 0 Å². The molecule has 0 saturated heterocycles. The van der Waals surface area contributed by atoms with Crippen LogP contribution < -0.4 is 10.1 Å². The van der Waals surface area contributed by atoms with Crippen molar-refractivity contribution in [3.8, 4) is 27.3 Å². The molecule has 0 bridgehead atoms. The Kier molecular flexibility index (Phi) is 7.44. The molecule has 0 radical (unpaired) electrons. The summed E-state index contributed by atoms with van der Waals surface area (Å²) in [7, 11) is 0. The summed E-state index contributed by atoms with van der Waals surface area (Å²) in [4.78, 5) is 25.4. The Morgan fingerprint density at radius 1 is 1.00 bits per heavy atom. The smallest absolute Gasteiger partial charge is 0.412 e. The molecule has 1 atom stereocenters. The molecule has 1 saturated carbocycles. The molecule has 3 aromatic carbocycles. The van der Waals surface area contributed by atoms with Crippen LogP contribution in [-0.4, -0.2) is 12.1 Å². The summed E-state index contributed by atoms with van der Waals surface area (Å²) < 4.78 is 38.6. The van der Waals surface area contributed by atoms with Crippen molar-refractivity contribution >= 4 is 40.7 Å². The van der Waals surface area contributed by atoms with Crippen LogP contribution in [0.25, 0.3) is 21.6 Å². The number of rotatable bonds is 7. The number of ether oxygens (including phenoxy) is 2. The summed E-state index contributed by atoms with van der Waals surface area (Å²) in [6, 6.07) is 19.6. The van der Waals surface area contributed by atoms with Gasteiger partial charge in [0.1, 0.15) is 23.5 Å². The van der Waals surface area contributed by atoms with E-state index in [1.165, 1.54) is 24.3 Å². The van der Waals surface area contributed by atoms with Crippen LogP contribution in [0.2, 0.25) is 4.34 Å². The van der Waals surface area contributed by atoms with Crippen LogP contribution in [0.5, 0.6) is 5.75 Å². The Labute approximate surface area is 227 Å². The maximum atomic E-state index is 14.1. The predicted molar refractivity (Wildman–Crippen MR) is 143 cm³/mol. The molecule has 4 aromatic rings. The first kappa shape index (κ1) is 25.9. The van der Waals surface area contributed by atoms with Gasteiger partial charge in [0.05, 0.1) is 20.8 Å². The molecule has 1 heterocycles. The number of hydrogen-bond donors (Lipinski definition) is 1. The molecule has 1 aliphatic rings. The number of carbonyl (C=O) groups excluding carboxylic acids is 2. The number of anilines is 1. The minimum Gasteiger partial charge on any atom is -0.441 e. The third-order valence-electron chi connectivity index (χ3n) is 6.09. The monoisotopic (exact) mass is 553 g/mol. The van der Waals surface area contributed by atoms with Crippen molar-refractivity contribution in [1.82, 2.24) is 0 Å². The molecule has 1 aromatic heterocycles. The molecular weight excluding hydrogens is 532 g/mol. The molecule has 1 N–H and O–H groups in total. The Hall–Kier alpha value is -3.75. The fourth-order valence-electron chi connectivity index (χ4n) is 4.00. The van der Waals surface area contributed by atoms with Crippen molar-refractivity contribution in [2.75, 3.05) is 5.32 Å². The number of hydrogen-bond acceptors (Lipinski definition) is 5. The molecule has 5 rings (SSSR count). The van der Waals surface area contributed by atoms with Crippen LogP contribution in [0.15, 0.2) is 72.8 Å². The zero-order valence-corrected chi connectivity index (χ0v) is 21.7. The minimum absolute atomic E-state index is 0.00860. The van der Waals surface area contributed by atoms with Gasteiger partial charge in [0.15, 0.2) is 0 Å². The molecule has 1 amide bonds. The number of thiophene rings is 1. The van der Waals surface area contributed by atoms with E-state index < -0.39 is 23.8 Å². The maximum Gasteiger partial charge on any atom is 0.412 e. The highest BCUT2D eigenvalue weighted by Crippen LogP contribution is 2.43. The Bertz CT molecular complexity index is 1500. The topological polar surface area (TPSA) is 64.6 Å². The van der Waals surface area contributed by atoms with E-state index in [9.17, 15) is 18.4 Å². The van der Waals surface area contributed by atoms with E-state index in [2.05, 4.69) is 5.32 Å². The van der Waals surface area contributed by atoms with Gasteiger partial charge in [0, 0.05) is 17.2 Å². The van der Waals surface area contributed by atoms with E-state index in [4.69, 9.17) is 21.1 Å². The van der Waals surface area contributed by atoms with Gasteiger partial charge in [0.2, 0.25) is 0 Å². The van der Waals surface area contributed by atoms with Crippen molar-refractivity contribution in [2.24, 2.45) is 5.92 Å². The van der Waals surface area contributed by atoms with Gasteiger partial charge in [-0.1, -0.05) is 48.0 Å². The van der Waals surface area contributed by atoms with E-state index in [0.29, 0.717) is 20.7 Å². The minimum atomic E-state index is -0.951. The van der Waals surface area contributed by atoms with E-state index in [-0.39, 0.29) is 17.5 Å². The molecule has 1 aliphatic carbocycles. The van der Waals surface area contributed by atoms with Crippen LogP contribution in [0.3, 0.4) is 0 Å². The summed E-state index contributed by atoms with van der Waals surface area (Å²) in [6.45, 7) is 1.50. The second-order valence-corrected chi connectivity index (χ2v) is 10.6. The fraction of sp³-hybridized carbons (Fsp3) is 0.172. The lowest BCUT2D eigenvalue weighted by atomic mass is 9.98. The van der Waals surface area contributed by atoms with Crippen molar-refractivity contribution in [1.29, 1.82) is 0 Å². The highest BCUT2D eigenvalue weighted by atomic mass is 35.5. The number of esters is 1. The fourth-order valence-corrected chi connectivity index (χ4v) is 5.22. The molecule has 38 heavy (non-hydrogen) atoms. The lowest BCUT2D eigenvalue weighted by Gasteiger charge is -2.16. The molecule has 1 fully saturated rings. The van der Waals surface area contributed by atoms with Crippen LogP contribution in [0, 0.1) is 17.6 Å². The number of carbonyl (C=O) groups is 2. The van der Waals surface area contributed by atoms with E-state index in [0.717, 1.165) is 41.7 Å². The Balaban J connectivity index is 1.36. The standard InChI is InChI=1S/C29H22ClF2NO4S/c1-16(21-13-10-19(31)14-24(21)32)36-29(35)33-25-15-26(30)38-27(25)23-5-3-2-4-22(23)17-8-11-20(12-9-17)37-28(34)18-6-7-18/h2-5,8-16,18H,6-7H2,1H3,(H,33,35). The zero-order valence-electron chi connectivity index (χ0n) is 20.2. The first-order valence-electron chi connectivity index (χ1n) is 11.9. The average molecular weight is 554 g/mol. The molecule has 5 nitrogen and oxygen atoms in total. The van der Waals surface area contributed by atoms with Crippen molar-refractivity contribution < 1.29 is 27.8 Å². The van der Waals surface area contributed by atoms with Crippen LogP contribution >= 0.6 is 22.9 Å². The predicted octanol–water partition coefficient (Wildman–Crippen LogP) is 8.64. The van der Waals surface area contributed by atoms with E-state index in [1.54, 1.807) is 18.2 Å². The number of halogens is 3. The molecule has 0 spiro atoms. The largest absolute Gasteiger partial charge is 0.441 e. The highest BCUT2D eigenvalue weighted by molar-refractivity contribution is 7.20. The normalized spacial score (nSPS) is 13.6. The maximum absolute atomic E-state index is 14.1. The Morgan fingerprint density at radius 2 is 1.71 bits per heavy atom. The summed E-state index contributed by atoms with van der Waals surface area (Å²) in [5, 5.41) is 2.70. The summed E-state index contributed by atoms with van der Waals surface area (Å²) in [6.07, 6.45) is -0.0107. The van der Waals surface area contributed by atoms with Gasteiger partial charge in [-0.2, -0.15) is 0 Å². The van der Waals surface area contributed by atoms with Crippen LogP contribution in [-0.2, 0) is 9.53 Å². The first-order valence-corrected chi connectivity index (χ1v) is 13.1. The van der Waals surface area contributed by atoms with Gasteiger partial charge >= 0.3 is 12.1 Å². The van der Waals surface area contributed by atoms with E-state index in [1.807, 2.05) is 36.4 Å². The van der Waals surface area contributed by atoms with Crippen LogP contribution in [0.1, 0.15) is 31.4 Å². The summed E-state index contributed by atoms with van der Waals surface area (Å²) in [5.74, 6) is -1.22. The van der Waals surface area contributed by atoms with Crippen molar-refractivity contribution in [2.45, 2.75) is 25.9 Å². The molecule has 194 valence electrons. The number of nitrogens with one attached hydrogen (secondary N) is 1. The van der Waals surface area contributed by atoms with Gasteiger partial charge in [-0.05, 0) is 61.2 Å². The van der Waals surface area contributed by atoms with Gasteiger partial charge in [-0.3, -0.25) is 10.1 Å². The van der Waals surface area contributed by atoms with Crippen molar-refractivity contribution in [3.63, 3.8) is 0 Å². The molecular formula is C29H22ClF2NO4S. The zero-order chi connectivity index (χ0) is 26.8. The highest BCUT2D eigenvalue weighted by Gasteiger charge is 2.31. The quantitative estimate of drug-likeness (QED) is 0.184. The summed E-state index contributed by atoms with van der Waals surface area (Å²) >= 11 is 7.61. The molecule has 1 unspecified atom stereocenters. The SMILES string of the molecule is CC(OC(=O)Nc1cc(Cl)sc1-c1ccccc1-c1ccc(OC(=O)C2CC2)cc1)c1ccc(F)cc1F. The van der Waals surface area contributed by atoms with E-state index >= 15 is 0 Å². The summed E-state index contributed by atoms with van der Waals surface area (Å²) in [5.41, 5.74) is 3.07. The van der Waals surface area contributed by atoms with Gasteiger partial charge in [-0.15, -0.1) is 11.3 Å². The third-order valence-corrected chi connectivity index (χ3v) is 7.39. The lowest BCUT2D eigenvalue weighted by Crippen LogP contribution is -2.16. The molecule has 9 heteroatoms.